The molecule has 0 saturated heterocycles. The summed E-state index contributed by atoms with van der Waals surface area (Å²) in [6.07, 6.45) is 0.945. The van der Waals surface area contributed by atoms with Crippen molar-refractivity contribution in [2.45, 2.75) is 19.9 Å². The summed E-state index contributed by atoms with van der Waals surface area (Å²) in [6.45, 7) is 3.23. The number of aryl methyl sites for hydroxylation is 1. The molecule has 0 aromatic heterocycles. The SMILES string of the molecule is Cc1cc(F)cc(NCc2cc(Br)cc3c2OCC3)c1. The lowest BCUT2D eigenvalue weighted by atomic mass is 10.1. The van der Waals surface area contributed by atoms with Gasteiger partial charge in [-0.1, -0.05) is 15.9 Å². The first-order valence-corrected chi connectivity index (χ1v) is 7.36. The molecule has 2 aromatic carbocycles. The lowest BCUT2D eigenvalue weighted by Gasteiger charge is -2.12. The van der Waals surface area contributed by atoms with Crippen molar-refractivity contribution in [3.63, 3.8) is 0 Å². The van der Waals surface area contributed by atoms with E-state index in [0.717, 1.165) is 40.1 Å². The number of anilines is 1. The van der Waals surface area contributed by atoms with Gasteiger partial charge < -0.3 is 10.1 Å². The average Bonchev–Trinajstić information content (AvgIpc) is 2.82. The van der Waals surface area contributed by atoms with Crippen molar-refractivity contribution < 1.29 is 9.13 Å². The standard InChI is InChI=1S/C16H15BrFNO/c1-10-4-14(18)8-15(5-10)19-9-12-7-13(17)6-11-2-3-20-16(11)12/h4-8,19H,2-3,9H2,1H3. The minimum absolute atomic E-state index is 0.219. The largest absolute Gasteiger partial charge is 0.493 e. The van der Waals surface area contributed by atoms with Crippen LogP contribution in [-0.4, -0.2) is 6.61 Å². The molecule has 0 spiro atoms. The van der Waals surface area contributed by atoms with Gasteiger partial charge in [-0.05, 0) is 48.4 Å². The van der Waals surface area contributed by atoms with E-state index >= 15 is 0 Å². The Labute approximate surface area is 126 Å². The second-order valence-corrected chi connectivity index (χ2v) is 5.94. The summed E-state index contributed by atoms with van der Waals surface area (Å²) in [5.41, 5.74) is 4.01. The molecule has 2 nitrogen and oxygen atoms in total. The molecule has 0 radical (unpaired) electrons. The van der Waals surface area contributed by atoms with Crippen LogP contribution in [0.15, 0.2) is 34.8 Å². The van der Waals surface area contributed by atoms with Gasteiger partial charge in [0.2, 0.25) is 0 Å². The topological polar surface area (TPSA) is 21.3 Å². The molecule has 0 atom stereocenters. The van der Waals surface area contributed by atoms with Gasteiger partial charge in [0, 0.05) is 28.7 Å². The van der Waals surface area contributed by atoms with E-state index in [1.807, 2.05) is 19.1 Å². The average molecular weight is 336 g/mol. The third-order valence-corrected chi connectivity index (χ3v) is 3.81. The molecule has 0 fully saturated rings. The normalized spacial score (nSPS) is 12.9. The maximum atomic E-state index is 13.4. The molecule has 0 saturated carbocycles. The van der Waals surface area contributed by atoms with Gasteiger partial charge in [-0.15, -0.1) is 0 Å². The Kier molecular flexibility index (Phi) is 3.66. The molecular weight excluding hydrogens is 321 g/mol. The second kappa shape index (κ2) is 5.44. The first kappa shape index (κ1) is 13.4. The summed E-state index contributed by atoms with van der Waals surface area (Å²) in [7, 11) is 0. The fraction of sp³-hybridized carbons (Fsp3) is 0.250. The van der Waals surface area contributed by atoms with E-state index in [-0.39, 0.29) is 5.82 Å². The van der Waals surface area contributed by atoms with Crippen molar-refractivity contribution >= 4 is 21.6 Å². The Morgan fingerprint density at radius 1 is 1.25 bits per heavy atom. The minimum atomic E-state index is -0.219. The van der Waals surface area contributed by atoms with Gasteiger partial charge in [-0.25, -0.2) is 4.39 Å². The number of rotatable bonds is 3. The highest BCUT2D eigenvalue weighted by molar-refractivity contribution is 9.10. The third-order valence-electron chi connectivity index (χ3n) is 3.35. The monoisotopic (exact) mass is 335 g/mol. The van der Waals surface area contributed by atoms with Crippen LogP contribution in [0.5, 0.6) is 5.75 Å². The van der Waals surface area contributed by atoms with Crippen LogP contribution in [0.25, 0.3) is 0 Å². The molecule has 0 unspecified atom stereocenters. The highest BCUT2D eigenvalue weighted by atomic mass is 79.9. The lowest BCUT2D eigenvalue weighted by molar-refractivity contribution is 0.354. The van der Waals surface area contributed by atoms with Crippen LogP contribution >= 0.6 is 15.9 Å². The van der Waals surface area contributed by atoms with Gasteiger partial charge in [0.25, 0.3) is 0 Å². The first-order chi connectivity index (χ1) is 9.61. The van der Waals surface area contributed by atoms with Gasteiger partial charge in [0.15, 0.2) is 0 Å². The first-order valence-electron chi connectivity index (χ1n) is 6.57. The molecule has 1 aliphatic rings. The minimum Gasteiger partial charge on any atom is -0.493 e. The lowest BCUT2D eigenvalue weighted by Crippen LogP contribution is -2.02. The molecule has 0 aliphatic carbocycles. The maximum Gasteiger partial charge on any atom is 0.127 e. The predicted molar refractivity (Wildman–Crippen MR) is 81.8 cm³/mol. The van der Waals surface area contributed by atoms with E-state index in [0.29, 0.717) is 6.54 Å². The highest BCUT2D eigenvalue weighted by Crippen LogP contribution is 2.33. The van der Waals surface area contributed by atoms with Gasteiger partial charge in [0.05, 0.1) is 6.61 Å². The molecule has 4 heteroatoms. The summed E-state index contributed by atoms with van der Waals surface area (Å²) in [6, 6.07) is 9.10. The van der Waals surface area contributed by atoms with E-state index in [9.17, 15) is 4.39 Å². The van der Waals surface area contributed by atoms with Gasteiger partial charge in [-0.2, -0.15) is 0 Å². The zero-order valence-electron chi connectivity index (χ0n) is 11.2. The molecular formula is C16H15BrFNO. The zero-order valence-corrected chi connectivity index (χ0v) is 12.8. The van der Waals surface area contributed by atoms with E-state index in [1.165, 1.54) is 17.7 Å². The number of fused-ring (bicyclic) bond motifs is 1. The number of ether oxygens (including phenoxy) is 1. The molecule has 2 aromatic rings. The van der Waals surface area contributed by atoms with Crippen LogP contribution in [0.2, 0.25) is 0 Å². The van der Waals surface area contributed by atoms with Gasteiger partial charge >= 0.3 is 0 Å². The third kappa shape index (κ3) is 2.80. The van der Waals surface area contributed by atoms with Crippen molar-refractivity contribution in [1.29, 1.82) is 0 Å². The second-order valence-electron chi connectivity index (χ2n) is 5.02. The van der Waals surface area contributed by atoms with E-state index in [4.69, 9.17) is 4.74 Å². The predicted octanol–water partition coefficient (Wildman–Crippen LogP) is 4.44. The summed E-state index contributed by atoms with van der Waals surface area (Å²) < 4.78 is 20.1. The molecule has 1 aliphatic heterocycles. The van der Waals surface area contributed by atoms with Crippen molar-refractivity contribution in [3.8, 4) is 5.75 Å². The Balaban J connectivity index is 1.82. The fourth-order valence-electron chi connectivity index (χ4n) is 2.51. The van der Waals surface area contributed by atoms with E-state index in [2.05, 4.69) is 27.3 Å². The van der Waals surface area contributed by atoms with Gasteiger partial charge in [-0.3, -0.25) is 0 Å². The number of hydrogen-bond acceptors (Lipinski definition) is 2. The highest BCUT2D eigenvalue weighted by Gasteiger charge is 2.17. The molecule has 0 amide bonds. The number of halogens is 2. The van der Waals surface area contributed by atoms with Crippen molar-refractivity contribution in [2.75, 3.05) is 11.9 Å². The Hall–Kier alpha value is -1.55. The van der Waals surface area contributed by atoms with Crippen LogP contribution in [0.1, 0.15) is 16.7 Å². The van der Waals surface area contributed by atoms with E-state index in [1.54, 1.807) is 0 Å². The number of benzene rings is 2. The zero-order chi connectivity index (χ0) is 14.1. The molecule has 20 heavy (non-hydrogen) atoms. The van der Waals surface area contributed by atoms with Crippen molar-refractivity contribution in [2.24, 2.45) is 0 Å². The Bertz CT molecular complexity index is 637. The molecule has 104 valence electrons. The molecule has 3 rings (SSSR count). The summed E-state index contributed by atoms with van der Waals surface area (Å²) in [4.78, 5) is 0. The molecule has 0 bridgehead atoms. The summed E-state index contributed by atoms with van der Waals surface area (Å²) in [5.74, 6) is 0.747. The number of nitrogens with one attached hydrogen (secondary N) is 1. The van der Waals surface area contributed by atoms with Crippen molar-refractivity contribution in [1.82, 2.24) is 0 Å². The summed E-state index contributed by atoms with van der Waals surface area (Å²) >= 11 is 3.52. The van der Waals surface area contributed by atoms with Gasteiger partial charge in [0.1, 0.15) is 11.6 Å². The van der Waals surface area contributed by atoms with Crippen LogP contribution in [0.3, 0.4) is 0 Å². The van der Waals surface area contributed by atoms with E-state index < -0.39 is 0 Å². The van der Waals surface area contributed by atoms with Crippen LogP contribution in [0.4, 0.5) is 10.1 Å². The van der Waals surface area contributed by atoms with Crippen LogP contribution < -0.4 is 10.1 Å². The maximum absolute atomic E-state index is 13.4. The Morgan fingerprint density at radius 2 is 2.10 bits per heavy atom. The van der Waals surface area contributed by atoms with Crippen molar-refractivity contribution in [3.05, 3.63) is 57.3 Å². The Morgan fingerprint density at radius 3 is 2.90 bits per heavy atom. The summed E-state index contributed by atoms with van der Waals surface area (Å²) in [5, 5.41) is 3.26. The molecule has 1 heterocycles. The smallest absolute Gasteiger partial charge is 0.127 e. The van der Waals surface area contributed by atoms with Crippen LogP contribution in [-0.2, 0) is 13.0 Å². The van der Waals surface area contributed by atoms with Crippen LogP contribution in [0, 0.1) is 12.7 Å². The fourth-order valence-corrected chi connectivity index (χ4v) is 3.07. The number of hydrogen-bond donors (Lipinski definition) is 1. The molecule has 1 N–H and O–H groups in total. The quantitative estimate of drug-likeness (QED) is 0.895.